The summed E-state index contributed by atoms with van der Waals surface area (Å²) in [4.78, 5) is 27.8. The molecule has 0 bridgehead atoms. The molecule has 0 saturated heterocycles. The summed E-state index contributed by atoms with van der Waals surface area (Å²) in [5.74, 6) is -0.692. The lowest BCUT2D eigenvalue weighted by molar-refractivity contribution is -0.139. The first-order valence-electron chi connectivity index (χ1n) is 7.75. The van der Waals surface area contributed by atoms with Crippen LogP contribution in [0.4, 0.5) is 0 Å². The van der Waals surface area contributed by atoms with Crippen molar-refractivity contribution in [2.24, 2.45) is 0 Å². The number of amides is 1. The molecule has 1 aliphatic heterocycles. The summed E-state index contributed by atoms with van der Waals surface area (Å²) >= 11 is 0. The van der Waals surface area contributed by atoms with E-state index in [9.17, 15) is 14.7 Å². The van der Waals surface area contributed by atoms with Crippen LogP contribution in [-0.4, -0.2) is 34.1 Å². The first kappa shape index (κ1) is 16.0. The van der Waals surface area contributed by atoms with Gasteiger partial charge in [-0.05, 0) is 48.4 Å². The average molecular weight is 326 g/mol. The summed E-state index contributed by atoms with van der Waals surface area (Å²) in [6.07, 6.45) is 4.23. The zero-order valence-electron chi connectivity index (χ0n) is 13.2. The third-order valence-electron chi connectivity index (χ3n) is 3.95. The number of fused-ring (bicyclic) bond motifs is 1. The second kappa shape index (κ2) is 6.70. The van der Waals surface area contributed by atoms with Crippen LogP contribution >= 0.6 is 0 Å². The Labute approximate surface area is 139 Å². The zero-order valence-corrected chi connectivity index (χ0v) is 13.2. The lowest BCUT2D eigenvalue weighted by Gasteiger charge is -2.15. The van der Waals surface area contributed by atoms with Gasteiger partial charge in [-0.25, -0.2) is 4.79 Å². The monoisotopic (exact) mass is 326 g/mol. The second-order valence-electron chi connectivity index (χ2n) is 5.88. The number of aliphatic carboxylic acids is 1. The third-order valence-corrected chi connectivity index (χ3v) is 3.95. The van der Waals surface area contributed by atoms with Gasteiger partial charge < -0.3 is 15.2 Å². The van der Waals surface area contributed by atoms with Crippen LogP contribution in [-0.2, 0) is 17.6 Å². The first-order chi connectivity index (χ1) is 11.5. The number of carbonyl (C=O) groups excluding carboxylic acids is 1. The normalized spacial score (nSPS) is 16.8. The van der Waals surface area contributed by atoms with Crippen LogP contribution in [0.25, 0.3) is 0 Å². The molecule has 1 amide bonds. The molecule has 2 atom stereocenters. The van der Waals surface area contributed by atoms with Gasteiger partial charge in [-0.15, -0.1) is 0 Å². The second-order valence-corrected chi connectivity index (χ2v) is 5.88. The highest BCUT2D eigenvalue weighted by atomic mass is 16.5. The molecular weight excluding hydrogens is 308 g/mol. The van der Waals surface area contributed by atoms with Crippen LogP contribution in [0.3, 0.4) is 0 Å². The molecule has 2 unspecified atom stereocenters. The number of carboxylic acid groups (broad SMARTS) is 1. The van der Waals surface area contributed by atoms with Gasteiger partial charge in [0.1, 0.15) is 17.9 Å². The molecule has 2 aromatic rings. The van der Waals surface area contributed by atoms with E-state index in [1.54, 1.807) is 42.7 Å². The van der Waals surface area contributed by atoms with E-state index in [-0.39, 0.29) is 12.5 Å². The molecule has 1 aromatic heterocycles. The number of rotatable bonds is 5. The molecular formula is C18H18N2O4. The van der Waals surface area contributed by atoms with Crippen molar-refractivity contribution in [3.63, 3.8) is 0 Å². The third kappa shape index (κ3) is 3.53. The number of hydrogen-bond donors (Lipinski definition) is 2. The van der Waals surface area contributed by atoms with Crippen LogP contribution in [0.5, 0.6) is 5.75 Å². The van der Waals surface area contributed by atoms with Crippen molar-refractivity contribution in [2.75, 3.05) is 0 Å². The summed E-state index contributed by atoms with van der Waals surface area (Å²) in [6.45, 7) is 1.97. The summed E-state index contributed by atoms with van der Waals surface area (Å²) in [6, 6.07) is 7.64. The number of carboxylic acids is 1. The highest BCUT2D eigenvalue weighted by molar-refractivity contribution is 5.97. The van der Waals surface area contributed by atoms with E-state index in [0.29, 0.717) is 5.56 Å². The standard InChI is InChI=1S/C18H18N2O4/c1-11-8-14-10-13(2-3-16(14)24-11)17(21)20-15(18(22)23)9-12-4-6-19-7-5-12/h2-7,10-11,15H,8-9H2,1H3,(H,20,21)(H,22,23). The van der Waals surface area contributed by atoms with Gasteiger partial charge in [-0.1, -0.05) is 0 Å². The van der Waals surface area contributed by atoms with Gasteiger partial charge in [0.25, 0.3) is 5.91 Å². The van der Waals surface area contributed by atoms with Crippen LogP contribution < -0.4 is 10.1 Å². The molecule has 0 aliphatic carbocycles. The van der Waals surface area contributed by atoms with Gasteiger partial charge in [0.2, 0.25) is 0 Å². The fourth-order valence-corrected chi connectivity index (χ4v) is 2.76. The quantitative estimate of drug-likeness (QED) is 0.875. The minimum absolute atomic E-state index is 0.0942. The Morgan fingerprint density at radius 1 is 1.33 bits per heavy atom. The molecule has 2 N–H and O–H groups in total. The molecule has 124 valence electrons. The Hall–Kier alpha value is -2.89. The fourth-order valence-electron chi connectivity index (χ4n) is 2.76. The van der Waals surface area contributed by atoms with E-state index in [2.05, 4.69) is 10.3 Å². The van der Waals surface area contributed by atoms with Crippen molar-refractivity contribution < 1.29 is 19.4 Å². The maximum atomic E-state index is 12.4. The molecule has 3 rings (SSSR count). The van der Waals surface area contributed by atoms with Crippen LogP contribution in [0.15, 0.2) is 42.7 Å². The van der Waals surface area contributed by atoms with E-state index in [1.807, 2.05) is 6.92 Å². The Bertz CT molecular complexity index is 761. The fraction of sp³-hybridized carbons (Fsp3) is 0.278. The van der Waals surface area contributed by atoms with Crippen molar-refractivity contribution in [3.05, 3.63) is 59.4 Å². The van der Waals surface area contributed by atoms with Crippen molar-refractivity contribution in [3.8, 4) is 5.75 Å². The predicted octanol–water partition coefficient (Wildman–Crippen LogP) is 1.83. The van der Waals surface area contributed by atoms with Gasteiger partial charge in [-0.3, -0.25) is 9.78 Å². The van der Waals surface area contributed by atoms with Crippen LogP contribution in [0.1, 0.15) is 28.4 Å². The number of aromatic nitrogens is 1. The average Bonchev–Trinajstić information content (AvgIpc) is 2.94. The minimum Gasteiger partial charge on any atom is -0.490 e. The van der Waals surface area contributed by atoms with Crippen molar-refractivity contribution in [2.45, 2.75) is 31.9 Å². The summed E-state index contributed by atoms with van der Waals surface area (Å²) < 4.78 is 5.61. The summed E-state index contributed by atoms with van der Waals surface area (Å²) in [5.41, 5.74) is 2.21. The number of nitrogens with one attached hydrogen (secondary N) is 1. The van der Waals surface area contributed by atoms with Crippen LogP contribution in [0, 0.1) is 0 Å². The smallest absolute Gasteiger partial charge is 0.326 e. The number of carbonyl (C=O) groups is 2. The Balaban J connectivity index is 1.72. The van der Waals surface area contributed by atoms with E-state index in [4.69, 9.17) is 4.74 Å². The predicted molar refractivity (Wildman–Crippen MR) is 87.1 cm³/mol. The molecule has 24 heavy (non-hydrogen) atoms. The van der Waals surface area contributed by atoms with Crippen molar-refractivity contribution in [1.82, 2.24) is 10.3 Å². The number of ether oxygens (including phenoxy) is 1. The topological polar surface area (TPSA) is 88.5 Å². The molecule has 0 saturated carbocycles. The maximum absolute atomic E-state index is 12.4. The molecule has 6 nitrogen and oxygen atoms in total. The SMILES string of the molecule is CC1Cc2cc(C(=O)NC(Cc3ccncc3)C(=O)O)ccc2O1. The van der Waals surface area contributed by atoms with E-state index < -0.39 is 17.9 Å². The maximum Gasteiger partial charge on any atom is 0.326 e. The lowest BCUT2D eigenvalue weighted by atomic mass is 10.0. The van der Waals surface area contributed by atoms with E-state index >= 15 is 0 Å². The van der Waals surface area contributed by atoms with Gasteiger partial charge in [0, 0.05) is 30.8 Å². The largest absolute Gasteiger partial charge is 0.490 e. The highest BCUT2D eigenvalue weighted by Gasteiger charge is 2.24. The molecule has 0 radical (unpaired) electrons. The Morgan fingerprint density at radius 2 is 2.08 bits per heavy atom. The van der Waals surface area contributed by atoms with Gasteiger partial charge in [-0.2, -0.15) is 0 Å². The van der Waals surface area contributed by atoms with Gasteiger partial charge in [0.15, 0.2) is 0 Å². The molecule has 2 heterocycles. The number of nitrogens with zero attached hydrogens (tertiary/aromatic N) is 1. The van der Waals surface area contributed by atoms with Gasteiger partial charge >= 0.3 is 5.97 Å². The molecule has 1 aromatic carbocycles. The molecule has 0 spiro atoms. The van der Waals surface area contributed by atoms with Gasteiger partial charge in [0.05, 0.1) is 0 Å². The number of pyridine rings is 1. The van der Waals surface area contributed by atoms with Crippen molar-refractivity contribution in [1.29, 1.82) is 0 Å². The Morgan fingerprint density at radius 3 is 2.79 bits per heavy atom. The lowest BCUT2D eigenvalue weighted by Crippen LogP contribution is -2.42. The van der Waals surface area contributed by atoms with E-state index in [1.165, 1.54) is 0 Å². The van der Waals surface area contributed by atoms with Crippen LogP contribution in [0.2, 0.25) is 0 Å². The Kier molecular flexibility index (Phi) is 4.46. The summed E-state index contributed by atoms with van der Waals surface area (Å²) in [7, 11) is 0. The highest BCUT2D eigenvalue weighted by Crippen LogP contribution is 2.29. The molecule has 1 aliphatic rings. The number of hydrogen-bond acceptors (Lipinski definition) is 4. The van der Waals surface area contributed by atoms with E-state index in [0.717, 1.165) is 23.3 Å². The minimum atomic E-state index is -1.07. The molecule has 0 fully saturated rings. The first-order valence-corrected chi connectivity index (χ1v) is 7.75. The van der Waals surface area contributed by atoms with Crippen molar-refractivity contribution >= 4 is 11.9 Å². The molecule has 6 heteroatoms. The zero-order chi connectivity index (χ0) is 17.1. The summed E-state index contributed by atoms with van der Waals surface area (Å²) in [5, 5.41) is 12.0. The number of benzene rings is 1.